The van der Waals surface area contributed by atoms with E-state index in [9.17, 15) is 23.4 Å². The molecular weight excluding hydrogens is 420 g/mol. The third kappa shape index (κ3) is 5.25. The van der Waals surface area contributed by atoms with Gasteiger partial charge in [0, 0.05) is 38.8 Å². The number of carbonyl (C=O) groups is 1. The summed E-state index contributed by atoms with van der Waals surface area (Å²) in [5, 5.41) is 20.0. The number of hydrogen-bond donors (Lipinski definition) is 2. The number of amides is 1. The van der Waals surface area contributed by atoms with Gasteiger partial charge in [0.1, 0.15) is 0 Å². The lowest BCUT2D eigenvalue weighted by molar-refractivity contribution is 0.0986. The lowest BCUT2D eigenvalue weighted by atomic mass is 9.93. The molecule has 0 spiro atoms. The molecule has 2 aromatic rings. The molecule has 3 rings (SSSR count). The maximum absolute atomic E-state index is 13.2. The number of aryl methyl sites for hydroxylation is 1. The lowest BCUT2D eigenvalue weighted by Gasteiger charge is -2.31. The molecule has 1 aliphatic rings. The number of aliphatic hydroxyl groups excluding tert-OH is 1. The van der Waals surface area contributed by atoms with Gasteiger partial charge in [-0.05, 0) is 18.4 Å². The number of hydrogen-bond acceptors (Lipinski definition) is 5. The minimum absolute atomic E-state index is 0.0364. The van der Waals surface area contributed by atoms with Crippen LogP contribution in [-0.2, 0) is 17.1 Å². The molecule has 0 bridgehead atoms. The molecule has 31 heavy (non-hydrogen) atoms. The van der Waals surface area contributed by atoms with E-state index in [1.165, 1.54) is 21.7 Å². The molecule has 1 amide bonds. The van der Waals surface area contributed by atoms with Crippen LogP contribution in [0.3, 0.4) is 0 Å². The first kappa shape index (κ1) is 23.2. The molecule has 9 nitrogen and oxygen atoms in total. The second-order valence-electron chi connectivity index (χ2n) is 7.99. The van der Waals surface area contributed by atoms with E-state index in [1.54, 1.807) is 11.6 Å². The normalized spacial score (nSPS) is 20.6. The van der Waals surface area contributed by atoms with Crippen molar-refractivity contribution in [3.63, 3.8) is 0 Å². The van der Waals surface area contributed by atoms with Crippen molar-refractivity contribution < 1.29 is 23.4 Å². The van der Waals surface area contributed by atoms with E-state index in [1.807, 2.05) is 37.3 Å². The SMILES string of the molecule is CCCC(O)CCN(C(=O)O)[C@H]1CN(S(=O)(=O)c2cn(C)cn2)C[C@@H]1c1ccccc1. The Bertz CT molecular complexity index is 979. The van der Waals surface area contributed by atoms with Crippen LogP contribution in [0.1, 0.15) is 37.7 Å². The monoisotopic (exact) mass is 450 g/mol. The van der Waals surface area contributed by atoms with Gasteiger partial charge in [0.05, 0.1) is 18.5 Å². The van der Waals surface area contributed by atoms with Crippen LogP contribution in [-0.4, -0.2) is 75.3 Å². The average molecular weight is 451 g/mol. The fraction of sp³-hybridized carbons (Fsp3) is 0.524. The van der Waals surface area contributed by atoms with Crippen LogP contribution in [0.25, 0.3) is 0 Å². The molecule has 1 aromatic heterocycles. The Morgan fingerprint density at radius 3 is 2.55 bits per heavy atom. The Morgan fingerprint density at radius 2 is 1.97 bits per heavy atom. The molecule has 0 aliphatic carbocycles. The third-order valence-corrected chi connectivity index (χ3v) is 7.46. The Kier molecular flexibility index (Phi) is 7.34. The maximum atomic E-state index is 13.2. The third-order valence-electron chi connectivity index (χ3n) is 5.74. The largest absolute Gasteiger partial charge is 0.465 e. The summed E-state index contributed by atoms with van der Waals surface area (Å²) in [6.45, 7) is 2.30. The van der Waals surface area contributed by atoms with E-state index < -0.39 is 28.3 Å². The Balaban J connectivity index is 1.90. The number of carboxylic acid groups (broad SMARTS) is 1. The van der Waals surface area contributed by atoms with Crippen molar-refractivity contribution in [3.8, 4) is 0 Å². The lowest BCUT2D eigenvalue weighted by Crippen LogP contribution is -2.45. The number of nitrogens with zero attached hydrogens (tertiary/aromatic N) is 4. The number of rotatable bonds is 9. The van der Waals surface area contributed by atoms with E-state index in [4.69, 9.17) is 0 Å². The predicted octanol–water partition coefficient (Wildman–Crippen LogP) is 2.11. The molecule has 170 valence electrons. The molecule has 1 aromatic carbocycles. The maximum Gasteiger partial charge on any atom is 0.407 e. The predicted molar refractivity (Wildman–Crippen MR) is 115 cm³/mol. The van der Waals surface area contributed by atoms with Gasteiger partial charge in [-0.15, -0.1) is 0 Å². The van der Waals surface area contributed by atoms with Gasteiger partial charge in [-0.2, -0.15) is 4.31 Å². The van der Waals surface area contributed by atoms with E-state index in [-0.39, 0.29) is 30.6 Å². The minimum Gasteiger partial charge on any atom is -0.465 e. The first-order valence-electron chi connectivity index (χ1n) is 10.4. The van der Waals surface area contributed by atoms with Crippen LogP contribution in [0.2, 0.25) is 0 Å². The smallest absolute Gasteiger partial charge is 0.407 e. The summed E-state index contributed by atoms with van der Waals surface area (Å²) >= 11 is 0. The molecule has 1 fully saturated rings. The topological polar surface area (TPSA) is 116 Å². The van der Waals surface area contributed by atoms with E-state index >= 15 is 0 Å². The zero-order chi connectivity index (χ0) is 22.6. The molecule has 1 saturated heterocycles. The van der Waals surface area contributed by atoms with Crippen molar-refractivity contribution in [2.24, 2.45) is 7.05 Å². The summed E-state index contributed by atoms with van der Waals surface area (Å²) in [6.07, 6.45) is 2.87. The Hall–Kier alpha value is -2.43. The zero-order valence-corrected chi connectivity index (χ0v) is 18.6. The highest BCUT2D eigenvalue weighted by atomic mass is 32.2. The van der Waals surface area contributed by atoms with Gasteiger partial charge in [0.2, 0.25) is 0 Å². The van der Waals surface area contributed by atoms with Crippen LogP contribution in [0.5, 0.6) is 0 Å². The van der Waals surface area contributed by atoms with Crippen molar-refractivity contribution in [2.75, 3.05) is 19.6 Å². The summed E-state index contributed by atoms with van der Waals surface area (Å²) in [5.41, 5.74) is 0.881. The fourth-order valence-electron chi connectivity index (χ4n) is 4.11. The van der Waals surface area contributed by atoms with Gasteiger partial charge >= 0.3 is 6.09 Å². The average Bonchev–Trinajstić information content (AvgIpc) is 3.36. The van der Waals surface area contributed by atoms with Gasteiger partial charge in [-0.1, -0.05) is 43.7 Å². The van der Waals surface area contributed by atoms with Gasteiger partial charge in [0.15, 0.2) is 5.03 Å². The molecule has 0 radical (unpaired) electrons. The van der Waals surface area contributed by atoms with Crippen molar-refractivity contribution in [1.82, 2.24) is 18.8 Å². The van der Waals surface area contributed by atoms with Crippen LogP contribution >= 0.6 is 0 Å². The number of sulfonamides is 1. The van der Waals surface area contributed by atoms with Gasteiger partial charge in [0.25, 0.3) is 10.0 Å². The molecule has 10 heteroatoms. The van der Waals surface area contributed by atoms with Crippen molar-refractivity contribution in [2.45, 2.75) is 49.3 Å². The summed E-state index contributed by atoms with van der Waals surface area (Å²) < 4.78 is 29.2. The van der Waals surface area contributed by atoms with Crippen LogP contribution in [0.15, 0.2) is 47.9 Å². The zero-order valence-electron chi connectivity index (χ0n) is 17.8. The number of aliphatic hydroxyl groups is 1. The van der Waals surface area contributed by atoms with Crippen molar-refractivity contribution in [1.29, 1.82) is 0 Å². The molecule has 2 heterocycles. The van der Waals surface area contributed by atoms with Gasteiger partial charge in [-0.25, -0.2) is 18.2 Å². The summed E-state index contributed by atoms with van der Waals surface area (Å²) in [6, 6.07) is 8.80. The van der Waals surface area contributed by atoms with Crippen LogP contribution in [0, 0.1) is 0 Å². The second kappa shape index (κ2) is 9.80. The second-order valence-corrected chi connectivity index (χ2v) is 9.88. The quantitative estimate of drug-likeness (QED) is 0.604. The molecule has 1 unspecified atom stereocenters. The summed E-state index contributed by atoms with van der Waals surface area (Å²) in [7, 11) is -2.16. The van der Waals surface area contributed by atoms with Gasteiger partial charge in [-0.3, -0.25) is 0 Å². The Morgan fingerprint density at radius 1 is 1.26 bits per heavy atom. The highest BCUT2D eigenvalue weighted by Crippen LogP contribution is 2.34. The van der Waals surface area contributed by atoms with Gasteiger partial charge < -0.3 is 19.7 Å². The van der Waals surface area contributed by atoms with Crippen LogP contribution in [0.4, 0.5) is 4.79 Å². The van der Waals surface area contributed by atoms with Crippen molar-refractivity contribution in [3.05, 3.63) is 48.4 Å². The van der Waals surface area contributed by atoms with E-state index in [0.29, 0.717) is 12.8 Å². The number of benzene rings is 1. The van der Waals surface area contributed by atoms with E-state index in [0.717, 1.165) is 12.0 Å². The first-order valence-corrected chi connectivity index (χ1v) is 11.9. The molecular formula is C21H30N4O5S. The summed E-state index contributed by atoms with van der Waals surface area (Å²) in [4.78, 5) is 17.4. The highest BCUT2D eigenvalue weighted by molar-refractivity contribution is 7.89. The molecule has 2 N–H and O–H groups in total. The fourth-order valence-corrected chi connectivity index (χ4v) is 5.56. The molecule has 3 atom stereocenters. The summed E-state index contributed by atoms with van der Waals surface area (Å²) in [5.74, 6) is -0.320. The number of aromatic nitrogens is 2. The molecule has 1 aliphatic heterocycles. The number of imidazole rings is 1. The Labute approximate surface area is 183 Å². The molecule has 0 saturated carbocycles. The minimum atomic E-state index is -3.86. The van der Waals surface area contributed by atoms with Crippen LogP contribution < -0.4 is 0 Å². The van der Waals surface area contributed by atoms with E-state index in [2.05, 4.69) is 4.98 Å². The highest BCUT2D eigenvalue weighted by Gasteiger charge is 2.44. The van der Waals surface area contributed by atoms with Crippen molar-refractivity contribution >= 4 is 16.1 Å². The standard InChI is InChI=1S/C21H30N4O5S/c1-3-7-17(26)10-11-25(21(27)28)19-13-24(12-18(19)16-8-5-4-6-9-16)31(29,30)20-14-23(2)15-22-20/h4-6,8-9,14-15,17-19,26H,3,7,10-13H2,1-2H3,(H,27,28)/t17?,18-,19+/m1/s1. The first-order chi connectivity index (χ1) is 14.7.